The van der Waals surface area contributed by atoms with Gasteiger partial charge in [0.25, 0.3) is 0 Å². The Morgan fingerprint density at radius 3 is 2.54 bits per heavy atom. The van der Waals surface area contributed by atoms with Gasteiger partial charge >= 0.3 is 5.97 Å². The van der Waals surface area contributed by atoms with Crippen molar-refractivity contribution in [2.24, 2.45) is 5.41 Å². The van der Waals surface area contributed by atoms with Crippen molar-refractivity contribution in [3.8, 4) is 5.75 Å². The highest BCUT2D eigenvalue weighted by atomic mass is 16.5. The monoisotopic (exact) mass is 394 g/mol. The minimum atomic E-state index is -0.542. The summed E-state index contributed by atoms with van der Waals surface area (Å²) in [6, 6.07) is 7.81. The molecule has 1 aromatic carbocycles. The second kappa shape index (κ2) is 10.2. The molecule has 1 aliphatic rings. The molecule has 1 fully saturated rings. The molecule has 6 nitrogen and oxygen atoms in total. The van der Waals surface area contributed by atoms with Crippen LogP contribution in [0.4, 0.5) is 0 Å². The van der Waals surface area contributed by atoms with Gasteiger partial charge in [-0.15, -0.1) is 0 Å². The van der Waals surface area contributed by atoms with Crippen molar-refractivity contribution in [1.82, 2.24) is 0 Å². The predicted octanol–water partition coefficient (Wildman–Crippen LogP) is 3.49. The molecule has 0 aromatic heterocycles. The van der Waals surface area contributed by atoms with Crippen LogP contribution < -0.4 is 4.74 Å². The lowest BCUT2D eigenvalue weighted by atomic mass is 9.74. The molecule has 0 bridgehead atoms. The molecule has 1 heterocycles. The van der Waals surface area contributed by atoms with Crippen LogP contribution in [0.2, 0.25) is 0 Å². The molecule has 0 aliphatic carbocycles. The van der Waals surface area contributed by atoms with E-state index in [1.165, 1.54) is 7.11 Å². The molecule has 28 heavy (non-hydrogen) atoms. The Hall–Kier alpha value is -1.63. The second-order valence-electron chi connectivity index (χ2n) is 8.02. The molecule has 0 unspecified atom stereocenters. The molecule has 158 valence electrons. The molecule has 1 N–H and O–H groups in total. The first-order chi connectivity index (χ1) is 13.3. The van der Waals surface area contributed by atoms with Crippen LogP contribution in [-0.2, 0) is 25.6 Å². The van der Waals surface area contributed by atoms with Gasteiger partial charge in [0.1, 0.15) is 5.75 Å². The van der Waals surface area contributed by atoms with E-state index in [4.69, 9.17) is 18.9 Å². The topological polar surface area (TPSA) is 74.2 Å². The van der Waals surface area contributed by atoms with Gasteiger partial charge < -0.3 is 24.1 Å². The highest BCUT2D eigenvalue weighted by Gasteiger charge is 2.45. The Balaban J connectivity index is 1.93. The number of ether oxygens (including phenoxy) is 4. The van der Waals surface area contributed by atoms with Crippen LogP contribution in [0.15, 0.2) is 24.3 Å². The molecule has 0 saturated carbocycles. The minimum absolute atomic E-state index is 0.0132. The van der Waals surface area contributed by atoms with Crippen LogP contribution in [0.5, 0.6) is 5.75 Å². The molecule has 4 atom stereocenters. The molecule has 0 spiro atoms. The van der Waals surface area contributed by atoms with E-state index < -0.39 is 11.5 Å². The van der Waals surface area contributed by atoms with E-state index in [0.717, 1.165) is 17.7 Å². The summed E-state index contributed by atoms with van der Waals surface area (Å²) < 4.78 is 22.2. The standard InChI is InChI=1S/C22H34O6/c1-6-16(27-14-15-7-9-17(25-4)10-8-15)11-18-12-19(23)22(2,3)20(28-18)13-21(24)26-5/h7-10,16,18-20,23H,6,11-14H2,1-5H3/t16-,18-,19-,20+/m1/s1. The zero-order valence-corrected chi connectivity index (χ0v) is 17.6. The van der Waals surface area contributed by atoms with Crippen LogP contribution in [-0.4, -0.2) is 49.7 Å². The third-order valence-electron chi connectivity index (χ3n) is 5.74. The fourth-order valence-corrected chi connectivity index (χ4v) is 3.51. The maximum Gasteiger partial charge on any atom is 0.308 e. The number of methoxy groups -OCH3 is 2. The van der Waals surface area contributed by atoms with E-state index in [1.807, 2.05) is 38.1 Å². The number of esters is 1. The fraction of sp³-hybridized carbons (Fsp3) is 0.682. The third-order valence-corrected chi connectivity index (χ3v) is 5.74. The number of aliphatic hydroxyl groups excluding tert-OH is 1. The molecular formula is C22H34O6. The number of carbonyl (C=O) groups is 1. The highest BCUT2D eigenvalue weighted by molar-refractivity contribution is 5.69. The summed E-state index contributed by atoms with van der Waals surface area (Å²) in [5, 5.41) is 10.6. The Morgan fingerprint density at radius 1 is 1.29 bits per heavy atom. The van der Waals surface area contributed by atoms with Gasteiger partial charge in [0, 0.05) is 11.8 Å². The molecule has 2 rings (SSSR count). The average molecular weight is 395 g/mol. The number of rotatable bonds is 9. The quantitative estimate of drug-likeness (QED) is 0.647. The number of benzene rings is 1. The van der Waals surface area contributed by atoms with Crippen molar-refractivity contribution in [3.05, 3.63) is 29.8 Å². The van der Waals surface area contributed by atoms with Gasteiger partial charge in [0.05, 0.1) is 51.7 Å². The van der Waals surface area contributed by atoms with E-state index >= 15 is 0 Å². The van der Waals surface area contributed by atoms with Crippen LogP contribution in [0, 0.1) is 5.41 Å². The van der Waals surface area contributed by atoms with Gasteiger partial charge in [-0.2, -0.15) is 0 Å². The average Bonchev–Trinajstić information content (AvgIpc) is 2.69. The molecule has 0 amide bonds. The fourth-order valence-electron chi connectivity index (χ4n) is 3.51. The summed E-state index contributed by atoms with van der Waals surface area (Å²) in [7, 11) is 3.01. The Morgan fingerprint density at radius 2 is 1.96 bits per heavy atom. The van der Waals surface area contributed by atoms with Crippen LogP contribution in [0.3, 0.4) is 0 Å². The van der Waals surface area contributed by atoms with Crippen LogP contribution >= 0.6 is 0 Å². The summed E-state index contributed by atoms with van der Waals surface area (Å²) >= 11 is 0. The van der Waals surface area contributed by atoms with Gasteiger partial charge in [0.15, 0.2) is 0 Å². The largest absolute Gasteiger partial charge is 0.497 e. The van der Waals surface area contributed by atoms with Crippen LogP contribution in [0.25, 0.3) is 0 Å². The molecule has 1 saturated heterocycles. The lowest BCUT2D eigenvalue weighted by Crippen LogP contribution is -2.51. The lowest BCUT2D eigenvalue weighted by molar-refractivity contribution is -0.190. The first-order valence-corrected chi connectivity index (χ1v) is 9.95. The number of carbonyl (C=O) groups excluding carboxylic acids is 1. The van der Waals surface area contributed by atoms with Crippen molar-refractivity contribution in [2.75, 3.05) is 14.2 Å². The summed E-state index contributed by atoms with van der Waals surface area (Å²) in [6.07, 6.45) is 1.13. The number of hydrogen-bond donors (Lipinski definition) is 1. The zero-order chi connectivity index (χ0) is 20.7. The van der Waals surface area contributed by atoms with E-state index in [1.54, 1.807) is 7.11 Å². The Labute approximate surface area is 168 Å². The Bertz CT molecular complexity index is 612. The van der Waals surface area contributed by atoms with E-state index in [9.17, 15) is 9.90 Å². The molecule has 0 radical (unpaired) electrons. The van der Waals surface area contributed by atoms with E-state index in [-0.39, 0.29) is 30.7 Å². The van der Waals surface area contributed by atoms with E-state index in [0.29, 0.717) is 19.4 Å². The molecular weight excluding hydrogens is 360 g/mol. The van der Waals surface area contributed by atoms with Gasteiger partial charge in [-0.25, -0.2) is 0 Å². The number of hydrogen-bond acceptors (Lipinski definition) is 6. The summed E-state index contributed by atoms with van der Waals surface area (Å²) in [5.41, 5.74) is 0.574. The van der Waals surface area contributed by atoms with Gasteiger partial charge in [-0.1, -0.05) is 32.9 Å². The van der Waals surface area contributed by atoms with Crippen molar-refractivity contribution >= 4 is 5.97 Å². The van der Waals surface area contributed by atoms with Crippen molar-refractivity contribution in [2.45, 2.75) is 77.5 Å². The van der Waals surface area contributed by atoms with Gasteiger partial charge in [-0.3, -0.25) is 4.79 Å². The maximum absolute atomic E-state index is 11.7. The highest BCUT2D eigenvalue weighted by Crippen LogP contribution is 2.39. The third kappa shape index (κ3) is 5.93. The SMILES string of the molecule is CC[C@H](C[C@@H]1C[C@@H](O)C(C)(C)[C@H](CC(=O)OC)O1)OCc1ccc(OC)cc1. The first kappa shape index (κ1) is 22.7. The first-order valence-electron chi connectivity index (χ1n) is 9.95. The predicted molar refractivity (Wildman–Crippen MR) is 106 cm³/mol. The minimum Gasteiger partial charge on any atom is -0.497 e. The Kier molecular flexibility index (Phi) is 8.28. The lowest BCUT2D eigenvalue weighted by Gasteiger charge is -2.46. The molecule has 1 aromatic rings. The molecule has 1 aliphatic heterocycles. The van der Waals surface area contributed by atoms with Crippen molar-refractivity contribution < 1.29 is 28.8 Å². The van der Waals surface area contributed by atoms with Gasteiger partial charge in [0.2, 0.25) is 0 Å². The second-order valence-corrected chi connectivity index (χ2v) is 8.02. The van der Waals surface area contributed by atoms with Crippen molar-refractivity contribution in [3.63, 3.8) is 0 Å². The van der Waals surface area contributed by atoms with Crippen LogP contribution in [0.1, 0.15) is 52.0 Å². The molecule has 6 heteroatoms. The van der Waals surface area contributed by atoms with Gasteiger partial charge in [-0.05, 0) is 30.5 Å². The summed E-state index contributed by atoms with van der Waals surface area (Å²) in [6.45, 7) is 6.45. The number of aliphatic hydroxyl groups is 1. The zero-order valence-electron chi connectivity index (χ0n) is 17.6. The summed E-state index contributed by atoms with van der Waals surface area (Å²) in [4.78, 5) is 11.7. The maximum atomic E-state index is 11.7. The normalized spacial score (nSPS) is 25.1. The summed E-state index contributed by atoms with van der Waals surface area (Å²) in [5.74, 6) is 0.494. The van der Waals surface area contributed by atoms with E-state index in [2.05, 4.69) is 6.92 Å². The van der Waals surface area contributed by atoms with Crippen molar-refractivity contribution in [1.29, 1.82) is 0 Å². The smallest absolute Gasteiger partial charge is 0.308 e.